The van der Waals surface area contributed by atoms with Crippen molar-refractivity contribution in [3.63, 3.8) is 0 Å². The van der Waals surface area contributed by atoms with E-state index in [1.807, 2.05) is 0 Å². The molecule has 45 heavy (non-hydrogen) atoms. The van der Waals surface area contributed by atoms with Gasteiger partial charge in [0.05, 0.1) is 0 Å². The van der Waals surface area contributed by atoms with E-state index in [0.29, 0.717) is 0 Å². The van der Waals surface area contributed by atoms with Crippen molar-refractivity contribution in [1.29, 1.82) is 0 Å². The Morgan fingerprint density at radius 1 is 0.178 bits per heavy atom. The molecule has 0 bridgehead atoms. The predicted molar refractivity (Wildman–Crippen MR) is 74.6 cm³/mol. The first-order valence-corrected chi connectivity index (χ1v) is 9.17. The zero-order chi connectivity index (χ0) is 37.7. The lowest BCUT2D eigenvalue weighted by Gasteiger charge is -2.44. The van der Waals surface area contributed by atoms with Crippen LogP contribution < -0.4 is 5.32 Å². The molecule has 0 amide bonds. The third-order valence-electron chi connectivity index (χ3n) is 4.97. The molecule has 0 fully saturated rings. The molecule has 0 aliphatic carbocycles. The highest BCUT2D eigenvalue weighted by atomic mass is 19.4. The minimum absolute atomic E-state index is 2.69. The zero-order valence-electron chi connectivity index (χ0n) is 18.8. The molecule has 0 unspecified atom stereocenters. The van der Waals surface area contributed by atoms with Crippen LogP contribution in [0, 0.1) is 0 Å². The second-order valence-electron chi connectivity index (χ2n) is 8.01. The topological polar surface area (TPSA) is 12.0 Å². The van der Waals surface area contributed by atoms with Gasteiger partial charge in [0, 0.05) is 0 Å². The molecular weight excluding hydrogens is 752 g/mol. The molecule has 0 aromatic heterocycles. The van der Waals surface area contributed by atoms with Crippen molar-refractivity contribution in [3.8, 4) is 0 Å². The van der Waals surface area contributed by atoms with E-state index in [0.717, 1.165) is 0 Å². The molecule has 0 aliphatic heterocycles. The molecular formula is C14HF30N. The lowest BCUT2D eigenvalue weighted by molar-refractivity contribution is -0.467. The number of nitrogens with one attached hydrogen (secondary N) is 1. The lowest BCUT2D eigenvalue weighted by Crippen LogP contribution is -2.78. The first-order valence-electron chi connectivity index (χ1n) is 9.17. The van der Waals surface area contributed by atoms with E-state index >= 15 is 0 Å². The highest BCUT2D eigenvalue weighted by molar-refractivity contribution is 5.15. The van der Waals surface area contributed by atoms with Crippen LogP contribution in [-0.4, -0.2) is 83.7 Å². The third-order valence-corrected chi connectivity index (χ3v) is 4.97. The van der Waals surface area contributed by atoms with E-state index < -0.39 is 89.0 Å². The molecule has 0 saturated heterocycles. The van der Waals surface area contributed by atoms with Gasteiger partial charge in [0.15, 0.2) is 0 Å². The van der Waals surface area contributed by atoms with Crippen molar-refractivity contribution in [1.82, 2.24) is 5.32 Å². The Morgan fingerprint density at radius 3 is 0.467 bits per heavy atom. The van der Waals surface area contributed by atoms with Crippen molar-refractivity contribution < 1.29 is 132 Å². The molecule has 0 aromatic rings. The Bertz CT molecular complexity index is 985. The molecule has 0 saturated carbocycles. The van der Waals surface area contributed by atoms with Crippen LogP contribution in [0.3, 0.4) is 0 Å². The maximum Gasteiger partial charge on any atom is 0.460 e. The van der Waals surface area contributed by atoms with Gasteiger partial charge in [-0.05, 0) is 0 Å². The van der Waals surface area contributed by atoms with E-state index in [2.05, 4.69) is 0 Å². The summed E-state index contributed by atoms with van der Waals surface area (Å²) in [6, 6.07) is -17.8. The summed E-state index contributed by atoms with van der Waals surface area (Å²) >= 11 is 0. The van der Waals surface area contributed by atoms with Gasteiger partial charge in [-0.1, -0.05) is 0 Å². The number of alkyl halides is 30. The molecule has 1 nitrogen and oxygen atoms in total. The van der Waals surface area contributed by atoms with Gasteiger partial charge in [0.25, 0.3) is 0 Å². The summed E-state index contributed by atoms with van der Waals surface area (Å²) in [5.74, 6) is -91.6. The first kappa shape index (κ1) is 42.9. The summed E-state index contributed by atoms with van der Waals surface area (Å²) in [5, 5.41) is -2.69. The van der Waals surface area contributed by atoms with Crippen LogP contribution in [0.25, 0.3) is 0 Å². The normalized spacial score (nSPS) is 17.2. The lowest BCUT2D eigenvalue weighted by atomic mass is 9.91. The van der Waals surface area contributed by atoms with Crippen LogP contribution in [0.1, 0.15) is 0 Å². The molecule has 0 aliphatic rings. The highest BCUT2D eigenvalue weighted by Crippen LogP contribution is 2.64. The Labute approximate surface area is 222 Å². The standard InChI is InChI=1S/C14HF30N/c15-1(16,3(19,20)7(27,28)11(35,36)37)5(23,24)9(31,32)13(41,42)45-14(43,44)10(33,34)6(25,26)2(17,18)4(21,22)8(29,30)12(38,39)40/h45H. The highest BCUT2D eigenvalue weighted by Gasteiger charge is 2.96. The summed E-state index contributed by atoms with van der Waals surface area (Å²) in [7, 11) is 0. The van der Waals surface area contributed by atoms with Crippen LogP contribution in [-0.2, 0) is 0 Å². The fraction of sp³-hybridized carbons (Fsp3) is 1.00. The summed E-state index contributed by atoms with van der Waals surface area (Å²) in [6.07, 6.45) is -16.4. The maximum atomic E-state index is 13.5. The monoisotopic (exact) mass is 753 g/mol. The second-order valence-corrected chi connectivity index (χ2v) is 8.01. The van der Waals surface area contributed by atoms with E-state index in [4.69, 9.17) is 0 Å². The van der Waals surface area contributed by atoms with Crippen LogP contribution in [0.2, 0.25) is 0 Å². The Balaban J connectivity index is 7.15. The molecule has 0 atom stereocenters. The maximum absolute atomic E-state index is 13.5. The summed E-state index contributed by atoms with van der Waals surface area (Å²) in [4.78, 5) is 0. The first-order chi connectivity index (χ1) is 18.7. The van der Waals surface area contributed by atoms with Gasteiger partial charge in [-0.15, -0.1) is 0 Å². The van der Waals surface area contributed by atoms with Crippen LogP contribution >= 0.6 is 0 Å². The molecule has 1 N–H and O–H groups in total. The van der Waals surface area contributed by atoms with E-state index in [-0.39, 0.29) is 0 Å². The van der Waals surface area contributed by atoms with Gasteiger partial charge < -0.3 is 0 Å². The molecule has 272 valence electrons. The molecule has 0 heterocycles. The minimum Gasteiger partial charge on any atom is -0.192 e. The summed E-state index contributed by atoms with van der Waals surface area (Å²) < 4.78 is 389. The van der Waals surface area contributed by atoms with Gasteiger partial charge in [0.2, 0.25) is 0 Å². The average molecular weight is 753 g/mol. The molecule has 0 radical (unpaired) electrons. The number of halogens is 30. The fourth-order valence-corrected chi connectivity index (χ4v) is 2.29. The van der Waals surface area contributed by atoms with Crippen molar-refractivity contribution >= 4 is 0 Å². The molecule has 0 aromatic carbocycles. The molecule has 0 spiro atoms. The minimum atomic E-state index is -9.41. The van der Waals surface area contributed by atoms with E-state index in [9.17, 15) is 132 Å². The van der Waals surface area contributed by atoms with Gasteiger partial charge in [-0.25, -0.2) is 0 Å². The quantitative estimate of drug-likeness (QED) is 0.155. The summed E-state index contributed by atoms with van der Waals surface area (Å²) in [5.41, 5.74) is 0. The van der Waals surface area contributed by atoms with Gasteiger partial charge in [-0.2, -0.15) is 137 Å². The van der Waals surface area contributed by atoms with Crippen LogP contribution in [0.5, 0.6) is 0 Å². The smallest absolute Gasteiger partial charge is 0.192 e. The Morgan fingerprint density at radius 2 is 0.311 bits per heavy atom. The van der Waals surface area contributed by atoms with Crippen LogP contribution in [0.4, 0.5) is 132 Å². The number of hydrogen-bond donors (Lipinski definition) is 1. The largest absolute Gasteiger partial charge is 0.460 e. The SMILES string of the molecule is FC(F)(F)C(F)(F)C(F)(F)C(F)(F)C(F)(F)C(F)(F)C(F)(F)NC(F)(F)C(F)(F)C(F)(F)C(F)(F)C(F)(F)C(F)(F)C(F)(F)F. The van der Waals surface area contributed by atoms with E-state index in [1.54, 1.807) is 0 Å². The second kappa shape index (κ2) is 10.2. The molecule has 31 heteroatoms. The van der Waals surface area contributed by atoms with Crippen molar-refractivity contribution in [2.75, 3.05) is 0 Å². The van der Waals surface area contributed by atoms with Gasteiger partial charge in [0.1, 0.15) is 0 Å². The van der Waals surface area contributed by atoms with Gasteiger partial charge >= 0.3 is 83.7 Å². The number of rotatable bonds is 12. The zero-order valence-corrected chi connectivity index (χ0v) is 18.8. The van der Waals surface area contributed by atoms with Crippen molar-refractivity contribution in [2.24, 2.45) is 0 Å². The van der Waals surface area contributed by atoms with Crippen molar-refractivity contribution in [2.45, 2.75) is 83.7 Å². The van der Waals surface area contributed by atoms with E-state index in [1.165, 1.54) is 0 Å². The summed E-state index contributed by atoms with van der Waals surface area (Å²) in [6.45, 7) is 0. The fourth-order valence-electron chi connectivity index (χ4n) is 2.29. The third kappa shape index (κ3) is 5.32. The van der Waals surface area contributed by atoms with Gasteiger partial charge in [-0.3, -0.25) is 0 Å². The van der Waals surface area contributed by atoms with Crippen LogP contribution in [0.15, 0.2) is 0 Å². The predicted octanol–water partition coefficient (Wildman–Crippen LogP) is 9.24. The Hall–Kier alpha value is -2.14. The molecule has 0 rings (SSSR count). The average Bonchev–Trinajstić information content (AvgIpc) is 2.75. The van der Waals surface area contributed by atoms with Crippen molar-refractivity contribution in [3.05, 3.63) is 0 Å². The Kier molecular flexibility index (Phi) is 9.69. The number of hydrogen-bond acceptors (Lipinski definition) is 1.